The molecule has 3 rings (SSSR count). The summed E-state index contributed by atoms with van der Waals surface area (Å²) >= 11 is 0. The van der Waals surface area contributed by atoms with E-state index in [9.17, 15) is 9.59 Å². The molecule has 2 aromatic rings. The molecule has 0 spiro atoms. The predicted molar refractivity (Wildman–Crippen MR) is 131 cm³/mol. The Kier molecular flexibility index (Phi) is 8.50. The number of carboxylic acids is 1. The van der Waals surface area contributed by atoms with Crippen molar-refractivity contribution in [2.45, 2.75) is 78.5 Å². The first-order chi connectivity index (χ1) is 15.7. The number of carbonyl (C=O) groups is 2. The number of aliphatic carboxylic acids is 1. The summed E-state index contributed by atoms with van der Waals surface area (Å²) in [6.07, 6.45) is 4.95. The van der Waals surface area contributed by atoms with Crippen LogP contribution in [0.1, 0.15) is 61.3 Å². The summed E-state index contributed by atoms with van der Waals surface area (Å²) in [4.78, 5) is 26.4. The maximum Gasteiger partial charge on any atom is 0.344 e. The zero-order valence-electron chi connectivity index (χ0n) is 20.2. The van der Waals surface area contributed by atoms with Gasteiger partial charge >= 0.3 is 5.97 Å². The highest BCUT2D eigenvalue weighted by Gasteiger charge is 2.24. The van der Waals surface area contributed by atoms with Crippen LogP contribution in [-0.2, 0) is 16.1 Å². The molecule has 1 saturated carbocycles. The van der Waals surface area contributed by atoms with Gasteiger partial charge in [0.05, 0.1) is 6.54 Å². The quantitative estimate of drug-likeness (QED) is 0.544. The summed E-state index contributed by atoms with van der Waals surface area (Å²) < 4.78 is 5.56. The average Bonchev–Trinajstić information content (AvgIpc) is 2.77. The van der Waals surface area contributed by atoms with Crippen LogP contribution in [0, 0.1) is 20.8 Å². The Labute approximate surface area is 196 Å². The van der Waals surface area contributed by atoms with Crippen LogP contribution in [0.15, 0.2) is 36.4 Å². The molecule has 1 unspecified atom stereocenters. The first kappa shape index (κ1) is 24.8. The number of nitrogens with zero attached hydrogens (tertiary/aromatic N) is 1. The summed E-state index contributed by atoms with van der Waals surface area (Å²) in [5.41, 5.74) is 5.08. The van der Waals surface area contributed by atoms with Gasteiger partial charge in [-0.1, -0.05) is 49.1 Å². The van der Waals surface area contributed by atoms with Crippen LogP contribution in [0.25, 0.3) is 0 Å². The number of benzene rings is 2. The average molecular weight is 453 g/mol. The van der Waals surface area contributed by atoms with Crippen molar-refractivity contribution >= 4 is 17.6 Å². The van der Waals surface area contributed by atoms with Gasteiger partial charge in [0.1, 0.15) is 5.75 Å². The molecule has 1 aliphatic rings. The monoisotopic (exact) mass is 452 g/mol. The molecule has 178 valence electrons. The highest BCUT2D eigenvalue weighted by molar-refractivity contribution is 5.93. The number of nitrogens with one attached hydrogen (secondary N) is 1. The van der Waals surface area contributed by atoms with Crippen molar-refractivity contribution in [3.05, 3.63) is 58.7 Å². The van der Waals surface area contributed by atoms with E-state index in [1.54, 1.807) is 0 Å². The van der Waals surface area contributed by atoms with Crippen molar-refractivity contribution in [2.24, 2.45) is 0 Å². The summed E-state index contributed by atoms with van der Waals surface area (Å²) in [6.45, 7) is 8.51. The molecule has 1 fully saturated rings. The molecular weight excluding hydrogens is 416 g/mol. The van der Waals surface area contributed by atoms with E-state index in [0.717, 1.165) is 35.2 Å². The smallest absolute Gasteiger partial charge is 0.344 e. The fraction of sp³-hybridized carbons (Fsp3) is 0.481. The zero-order valence-corrected chi connectivity index (χ0v) is 20.2. The van der Waals surface area contributed by atoms with E-state index in [1.807, 2.05) is 51.1 Å². The topological polar surface area (TPSA) is 78.9 Å². The molecule has 1 aliphatic carbocycles. The SMILES string of the molecule is Cc1ccc(NC(=O)CN(Cc2ccc(OC(C)C(=O)O)c(C)c2)C2CCCCC2)c(C)c1. The lowest BCUT2D eigenvalue weighted by Gasteiger charge is -2.34. The van der Waals surface area contributed by atoms with E-state index in [-0.39, 0.29) is 5.91 Å². The lowest BCUT2D eigenvalue weighted by molar-refractivity contribution is -0.144. The van der Waals surface area contributed by atoms with Crippen LogP contribution in [0.4, 0.5) is 5.69 Å². The van der Waals surface area contributed by atoms with Gasteiger partial charge in [-0.3, -0.25) is 9.69 Å². The predicted octanol–water partition coefficient (Wildman–Crippen LogP) is 5.24. The van der Waals surface area contributed by atoms with Crippen LogP contribution in [0.2, 0.25) is 0 Å². The molecule has 0 bridgehead atoms. The minimum absolute atomic E-state index is 0.000477. The molecule has 0 radical (unpaired) electrons. The maximum atomic E-state index is 13.0. The number of carbonyl (C=O) groups excluding carboxylic acids is 1. The van der Waals surface area contributed by atoms with Gasteiger partial charge in [0.2, 0.25) is 5.91 Å². The number of ether oxygens (including phenoxy) is 1. The Morgan fingerprint density at radius 2 is 1.79 bits per heavy atom. The molecule has 1 amide bonds. The lowest BCUT2D eigenvalue weighted by atomic mass is 9.93. The van der Waals surface area contributed by atoms with E-state index in [1.165, 1.54) is 31.7 Å². The fourth-order valence-corrected chi connectivity index (χ4v) is 4.51. The van der Waals surface area contributed by atoms with E-state index in [2.05, 4.69) is 16.3 Å². The van der Waals surface area contributed by atoms with Crippen molar-refractivity contribution in [1.29, 1.82) is 0 Å². The van der Waals surface area contributed by atoms with E-state index in [0.29, 0.717) is 24.9 Å². The Balaban J connectivity index is 1.72. The molecule has 0 saturated heterocycles. The largest absolute Gasteiger partial charge is 0.479 e. The minimum atomic E-state index is -0.989. The van der Waals surface area contributed by atoms with Crippen molar-refractivity contribution in [1.82, 2.24) is 4.90 Å². The number of rotatable bonds is 9. The summed E-state index contributed by atoms with van der Waals surface area (Å²) in [7, 11) is 0. The zero-order chi connectivity index (χ0) is 24.0. The first-order valence-corrected chi connectivity index (χ1v) is 11.8. The molecule has 33 heavy (non-hydrogen) atoms. The highest BCUT2D eigenvalue weighted by atomic mass is 16.5. The van der Waals surface area contributed by atoms with Crippen LogP contribution in [0.5, 0.6) is 5.75 Å². The Hall–Kier alpha value is -2.86. The molecule has 6 heteroatoms. The van der Waals surface area contributed by atoms with Gasteiger partial charge in [0.25, 0.3) is 0 Å². The van der Waals surface area contributed by atoms with Crippen molar-refractivity contribution in [2.75, 3.05) is 11.9 Å². The molecule has 2 N–H and O–H groups in total. The number of hydrogen-bond acceptors (Lipinski definition) is 4. The summed E-state index contributed by atoms with van der Waals surface area (Å²) in [5, 5.41) is 12.2. The third kappa shape index (κ3) is 7.06. The van der Waals surface area contributed by atoms with E-state index in [4.69, 9.17) is 9.84 Å². The summed E-state index contributed by atoms with van der Waals surface area (Å²) in [5.74, 6) is -0.415. The maximum absolute atomic E-state index is 13.0. The van der Waals surface area contributed by atoms with Gasteiger partial charge in [-0.25, -0.2) is 4.79 Å². The number of hydrogen-bond donors (Lipinski definition) is 2. The molecule has 0 heterocycles. The van der Waals surface area contributed by atoms with E-state index < -0.39 is 12.1 Å². The van der Waals surface area contributed by atoms with Crippen molar-refractivity contribution in [3.63, 3.8) is 0 Å². The molecule has 0 aromatic heterocycles. The Morgan fingerprint density at radius 3 is 2.42 bits per heavy atom. The second kappa shape index (κ2) is 11.3. The van der Waals surface area contributed by atoms with Gasteiger partial charge in [-0.2, -0.15) is 0 Å². The Morgan fingerprint density at radius 1 is 1.06 bits per heavy atom. The number of carboxylic acid groups (broad SMARTS) is 1. The van der Waals surface area contributed by atoms with E-state index >= 15 is 0 Å². The molecule has 2 aromatic carbocycles. The number of anilines is 1. The van der Waals surface area contributed by atoms with Gasteiger partial charge in [-0.05, 0) is 69.4 Å². The van der Waals surface area contributed by atoms with Gasteiger partial charge in [0, 0.05) is 18.3 Å². The van der Waals surface area contributed by atoms with Crippen molar-refractivity contribution in [3.8, 4) is 5.75 Å². The molecule has 6 nitrogen and oxygen atoms in total. The van der Waals surface area contributed by atoms with Gasteiger partial charge in [-0.15, -0.1) is 0 Å². The van der Waals surface area contributed by atoms with Crippen LogP contribution >= 0.6 is 0 Å². The molecular formula is C27H36N2O4. The van der Waals surface area contributed by atoms with Gasteiger partial charge in [0.15, 0.2) is 6.10 Å². The molecule has 0 aliphatic heterocycles. The summed E-state index contributed by atoms with van der Waals surface area (Å²) in [6, 6.07) is 12.3. The number of amides is 1. The first-order valence-electron chi connectivity index (χ1n) is 11.8. The fourth-order valence-electron chi connectivity index (χ4n) is 4.51. The standard InChI is InChI=1S/C27H36N2O4/c1-18-10-12-24(19(2)14-18)28-26(30)17-29(23-8-6-5-7-9-23)16-22-11-13-25(20(3)15-22)33-21(4)27(31)32/h10-15,21,23H,5-9,16-17H2,1-4H3,(H,28,30)(H,31,32). The second-order valence-corrected chi connectivity index (χ2v) is 9.26. The van der Waals surface area contributed by atoms with Crippen molar-refractivity contribution < 1.29 is 19.4 Å². The lowest BCUT2D eigenvalue weighted by Crippen LogP contribution is -2.41. The van der Waals surface area contributed by atoms with Gasteiger partial charge < -0.3 is 15.2 Å². The second-order valence-electron chi connectivity index (χ2n) is 9.26. The third-order valence-corrected chi connectivity index (χ3v) is 6.37. The minimum Gasteiger partial charge on any atom is -0.479 e. The number of aryl methyl sites for hydroxylation is 3. The normalized spacial score (nSPS) is 15.3. The van der Waals surface area contributed by atoms with Crippen LogP contribution in [-0.4, -0.2) is 40.6 Å². The van der Waals surface area contributed by atoms with Crippen LogP contribution < -0.4 is 10.1 Å². The third-order valence-electron chi connectivity index (χ3n) is 6.37. The molecule has 1 atom stereocenters. The highest BCUT2D eigenvalue weighted by Crippen LogP contribution is 2.26. The Bertz CT molecular complexity index is 982. The van der Waals surface area contributed by atoms with Crippen LogP contribution in [0.3, 0.4) is 0 Å².